The first-order chi connectivity index (χ1) is 11.5. The minimum absolute atomic E-state index is 0.0276. The van der Waals surface area contributed by atoms with E-state index in [1.54, 1.807) is 11.0 Å². The minimum atomic E-state index is -0.333. The van der Waals surface area contributed by atoms with E-state index in [0.717, 1.165) is 15.7 Å². The van der Waals surface area contributed by atoms with Crippen molar-refractivity contribution in [3.05, 3.63) is 63.6 Å². The van der Waals surface area contributed by atoms with Crippen molar-refractivity contribution in [1.82, 2.24) is 5.32 Å². The zero-order valence-electron chi connectivity index (χ0n) is 12.8. The Hall–Kier alpha value is -1.85. The van der Waals surface area contributed by atoms with Crippen LogP contribution in [0, 0.1) is 5.92 Å². The van der Waals surface area contributed by atoms with E-state index < -0.39 is 0 Å². The first-order valence-corrected chi connectivity index (χ1v) is 8.78. The number of anilines is 1. The monoisotopic (exact) mass is 406 g/mol. The van der Waals surface area contributed by atoms with Crippen LogP contribution in [0.15, 0.2) is 53.0 Å². The average Bonchev–Trinajstić information content (AvgIpc) is 2.95. The standard InChI is InChI=1S/C18H16BrClN2O2/c19-14-4-6-16(7-5-14)22-11-13(9-17(22)23)18(24)21-10-12-2-1-3-15(20)8-12/h1-8,13H,9-11H2,(H,21,24)/t13-/m1/s1. The van der Waals surface area contributed by atoms with Crippen LogP contribution in [0.25, 0.3) is 0 Å². The molecule has 0 saturated carbocycles. The van der Waals surface area contributed by atoms with Gasteiger partial charge in [0.2, 0.25) is 11.8 Å². The summed E-state index contributed by atoms with van der Waals surface area (Å²) in [6, 6.07) is 14.9. The second-order valence-electron chi connectivity index (χ2n) is 5.73. The number of amides is 2. The van der Waals surface area contributed by atoms with E-state index in [9.17, 15) is 9.59 Å². The summed E-state index contributed by atoms with van der Waals surface area (Å²) in [5.74, 6) is -0.469. The van der Waals surface area contributed by atoms with Crippen molar-refractivity contribution in [2.45, 2.75) is 13.0 Å². The van der Waals surface area contributed by atoms with Crippen molar-refractivity contribution in [3.8, 4) is 0 Å². The van der Waals surface area contributed by atoms with E-state index in [-0.39, 0.29) is 24.2 Å². The number of hydrogen-bond donors (Lipinski definition) is 1. The lowest BCUT2D eigenvalue weighted by Crippen LogP contribution is -2.32. The van der Waals surface area contributed by atoms with Crippen molar-refractivity contribution in [2.24, 2.45) is 5.92 Å². The van der Waals surface area contributed by atoms with E-state index in [1.165, 1.54) is 0 Å². The molecule has 6 heteroatoms. The molecular formula is C18H16BrClN2O2. The molecule has 1 saturated heterocycles. The highest BCUT2D eigenvalue weighted by Crippen LogP contribution is 2.26. The molecule has 124 valence electrons. The molecule has 0 spiro atoms. The van der Waals surface area contributed by atoms with Crippen molar-refractivity contribution in [2.75, 3.05) is 11.4 Å². The van der Waals surface area contributed by atoms with Gasteiger partial charge in [-0.25, -0.2) is 0 Å². The fourth-order valence-electron chi connectivity index (χ4n) is 2.73. The summed E-state index contributed by atoms with van der Waals surface area (Å²) in [7, 11) is 0. The van der Waals surface area contributed by atoms with Crippen LogP contribution in [0.2, 0.25) is 5.02 Å². The summed E-state index contributed by atoms with van der Waals surface area (Å²) in [6.45, 7) is 0.810. The molecule has 24 heavy (non-hydrogen) atoms. The van der Waals surface area contributed by atoms with Crippen LogP contribution in [0.3, 0.4) is 0 Å². The summed E-state index contributed by atoms with van der Waals surface area (Å²) < 4.78 is 0.953. The number of halogens is 2. The largest absolute Gasteiger partial charge is 0.352 e. The first-order valence-electron chi connectivity index (χ1n) is 7.61. The van der Waals surface area contributed by atoms with Gasteiger partial charge in [0.25, 0.3) is 0 Å². The molecule has 1 N–H and O–H groups in total. The van der Waals surface area contributed by atoms with E-state index in [1.807, 2.05) is 42.5 Å². The van der Waals surface area contributed by atoms with E-state index in [4.69, 9.17) is 11.6 Å². The second-order valence-corrected chi connectivity index (χ2v) is 7.08. The summed E-state index contributed by atoms with van der Waals surface area (Å²) in [6.07, 6.45) is 0.234. The maximum Gasteiger partial charge on any atom is 0.227 e. The van der Waals surface area contributed by atoms with Crippen LogP contribution in [0.5, 0.6) is 0 Å². The van der Waals surface area contributed by atoms with Crippen LogP contribution in [0.1, 0.15) is 12.0 Å². The van der Waals surface area contributed by atoms with Gasteiger partial charge in [0.15, 0.2) is 0 Å². The van der Waals surface area contributed by atoms with Crippen LogP contribution in [-0.4, -0.2) is 18.4 Å². The Labute approximate surface area is 153 Å². The normalized spacial score (nSPS) is 17.2. The van der Waals surface area contributed by atoms with Crippen LogP contribution < -0.4 is 10.2 Å². The quantitative estimate of drug-likeness (QED) is 0.839. The number of hydrogen-bond acceptors (Lipinski definition) is 2. The van der Waals surface area contributed by atoms with Gasteiger partial charge in [0, 0.05) is 34.7 Å². The molecule has 3 rings (SSSR count). The lowest BCUT2D eigenvalue weighted by atomic mass is 10.1. The highest BCUT2D eigenvalue weighted by molar-refractivity contribution is 9.10. The van der Waals surface area contributed by atoms with Crippen molar-refractivity contribution in [1.29, 1.82) is 0 Å². The van der Waals surface area contributed by atoms with Gasteiger partial charge < -0.3 is 10.2 Å². The average molecular weight is 408 g/mol. The molecular weight excluding hydrogens is 392 g/mol. The van der Waals surface area contributed by atoms with Crippen molar-refractivity contribution >= 4 is 45.0 Å². The Morgan fingerprint density at radius 2 is 2.00 bits per heavy atom. The topological polar surface area (TPSA) is 49.4 Å². The van der Waals surface area contributed by atoms with Gasteiger partial charge in [-0.3, -0.25) is 9.59 Å². The zero-order chi connectivity index (χ0) is 17.1. The molecule has 0 aliphatic carbocycles. The molecule has 0 aromatic heterocycles. The van der Waals surface area contributed by atoms with E-state index in [0.29, 0.717) is 18.1 Å². The van der Waals surface area contributed by atoms with Crippen molar-refractivity contribution < 1.29 is 9.59 Å². The third-order valence-electron chi connectivity index (χ3n) is 3.99. The maximum atomic E-state index is 12.3. The number of benzene rings is 2. The summed E-state index contributed by atoms with van der Waals surface area (Å²) in [5, 5.41) is 3.52. The highest BCUT2D eigenvalue weighted by atomic mass is 79.9. The molecule has 1 fully saturated rings. The molecule has 2 aromatic carbocycles. The smallest absolute Gasteiger partial charge is 0.227 e. The Kier molecular flexibility index (Phi) is 5.21. The lowest BCUT2D eigenvalue weighted by molar-refractivity contribution is -0.126. The molecule has 1 aliphatic rings. The fraction of sp³-hybridized carbons (Fsp3) is 0.222. The fourth-order valence-corrected chi connectivity index (χ4v) is 3.21. The summed E-state index contributed by atoms with van der Waals surface area (Å²) >= 11 is 9.31. The molecule has 2 aromatic rings. The Morgan fingerprint density at radius 1 is 1.25 bits per heavy atom. The zero-order valence-corrected chi connectivity index (χ0v) is 15.2. The van der Waals surface area contributed by atoms with Crippen LogP contribution in [0.4, 0.5) is 5.69 Å². The van der Waals surface area contributed by atoms with Gasteiger partial charge in [-0.2, -0.15) is 0 Å². The van der Waals surface area contributed by atoms with Gasteiger partial charge in [0.1, 0.15) is 0 Å². The minimum Gasteiger partial charge on any atom is -0.352 e. The van der Waals surface area contributed by atoms with Crippen molar-refractivity contribution in [3.63, 3.8) is 0 Å². The van der Waals surface area contributed by atoms with E-state index >= 15 is 0 Å². The Balaban J connectivity index is 1.60. The predicted molar refractivity (Wildman–Crippen MR) is 97.9 cm³/mol. The Bertz CT molecular complexity index is 764. The van der Waals surface area contributed by atoms with Crippen LogP contribution >= 0.6 is 27.5 Å². The SMILES string of the molecule is O=C(NCc1cccc(Cl)c1)[C@@H]1CC(=O)N(c2ccc(Br)cc2)C1. The predicted octanol–water partition coefficient (Wildman–Crippen LogP) is 3.77. The summed E-state index contributed by atoms with van der Waals surface area (Å²) in [5.41, 5.74) is 1.75. The lowest BCUT2D eigenvalue weighted by Gasteiger charge is -2.16. The van der Waals surface area contributed by atoms with Gasteiger partial charge in [-0.1, -0.05) is 39.7 Å². The van der Waals surface area contributed by atoms with Gasteiger partial charge >= 0.3 is 0 Å². The van der Waals surface area contributed by atoms with E-state index in [2.05, 4.69) is 21.2 Å². The molecule has 0 bridgehead atoms. The Morgan fingerprint density at radius 3 is 2.71 bits per heavy atom. The van der Waals surface area contributed by atoms with Crippen LogP contribution in [-0.2, 0) is 16.1 Å². The molecule has 1 aliphatic heterocycles. The highest BCUT2D eigenvalue weighted by Gasteiger charge is 2.34. The molecule has 0 unspecified atom stereocenters. The summed E-state index contributed by atoms with van der Waals surface area (Å²) in [4.78, 5) is 26.2. The van der Waals surface area contributed by atoms with Gasteiger partial charge in [-0.05, 0) is 42.0 Å². The number of nitrogens with zero attached hydrogens (tertiary/aromatic N) is 1. The third kappa shape index (κ3) is 3.97. The number of nitrogens with one attached hydrogen (secondary N) is 1. The molecule has 0 radical (unpaired) electrons. The number of carbonyl (C=O) groups is 2. The molecule has 2 amide bonds. The molecule has 1 atom stereocenters. The molecule has 4 nitrogen and oxygen atoms in total. The van der Waals surface area contributed by atoms with Gasteiger partial charge in [0.05, 0.1) is 5.92 Å². The second kappa shape index (κ2) is 7.36. The number of rotatable bonds is 4. The number of carbonyl (C=O) groups excluding carboxylic acids is 2. The first kappa shape index (κ1) is 17.0. The third-order valence-corrected chi connectivity index (χ3v) is 4.75. The molecule has 1 heterocycles. The maximum absolute atomic E-state index is 12.3. The van der Waals surface area contributed by atoms with Gasteiger partial charge in [-0.15, -0.1) is 0 Å².